The summed E-state index contributed by atoms with van der Waals surface area (Å²) < 4.78 is 0. The van der Waals surface area contributed by atoms with E-state index in [0.29, 0.717) is 5.82 Å². The first kappa shape index (κ1) is 29.9. The van der Waals surface area contributed by atoms with E-state index in [4.69, 9.17) is 15.0 Å². The number of hydrogen-bond acceptors (Lipinski definition) is 3. The molecular weight excluding hydrogens is 631 g/mol. The van der Waals surface area contributed by atoms with Crippen LogP contribution in [-0.2, 0) is 0 Å². The number of nitrogens with zero attached hydrogens (tertiary/aromatic N) is 3. The zero-order valence-corrected chi connectivity index (χ0v) is 28.2. The minimum atomic E-state index is 0.677. The van der Waals surface area contributed by atoms with Crippen LogP contribution >= 0.6 is 0 Å². The molecule has 2 aromatic heterocycles. The van der Waals surface area contributed by atoms with Crippen LogP contribution in [0.1, 0.15) is 0 Å². The molecule has 0 bridgehead atoms. The lowest BCUT2D eigenvalue weighted by Gasteiger charge is -2.17. The van der Waals surface area contributed by atoms with E-state index < -0.39 is 0 Å². The molecule has 52 heavy (non-hydrogen) atoms. The van der Waals surface area contributed by atoms with Crippen LogP contribution in [-0.4, -0.2) is 15.0 Å². The van der Waals surface area contributed by atoms with Gasteiger partial charge in [-0.1, -0.05) is 146 Å². The van der Waals surface area contributed by atoms with Gasteiger partial charge in [0, 0.05) is 28.5 Å². The summed E-state index contributed by atoms with van der Waals surface area (Å²) in [6.07, 6.45) is 1.85. The fourth-order valence-electron chi connectivity index (χ4n) is 7.62. The molecule has 10 aromatic rings. The normalized spacial score (nSPS) is 11.5. The summed E-state index contributed by atoms with van der Waals surface area (Å²) in [4.78, 5) is 15.3. The summed E-state index contributed by atoms with van der Waals surface area (Å²) in [5, 5.41) is 7.58. The molecule has 3 heteroatoms. The minimum Gasteiger partial charge on any atom is -0.256 e. The average molecular weight is 662 g/mol. The highest BCUT2D eigenvalue weighted by Crippen LogP contribution is 2.42. The fourth-order valence-corrected chi connectivity index (χ4v) is 7.62. The van der Waals surface area contributed by atoms with Crippen LogP contribution in [0.15, 0.2) is 188 Å². The largest absolute Gasteiger partial charge is 0.256 e. The van der Waals surface area contributed by atoms with Crippen LogP contribution in [0.5, 0.6) is 0 Å². The second-order valence-corrected chi connectivity index (χ2v) is 13.2. The van der Waals surface area contributed by atoms with Crippen molar-refractivity contribution in [1.29, 1.82) is 0 Å². The van der Waals surface area contributed by atoms with Crippen molar-refractivity contribution in [1.82, 2.24) is 15.0 Å². The Hall–Kier alpha value is -6.97. The number of aromatic nitrogens is 3. The second kappa shape index (κ2) is 12.4. The van der Waals surface area contributed by atoms with Gasteiger partial charge in [-0.25, -0.2) is 9.97 Å². The summed E-state index contributed by atoms with van der Waals surface area (Å²) >= 11 is 0. The highest BCUT2D eigenvalue weighted by atomic mass is 14.9. The van der Waals surface area contributed by atoms with Gasteiger partial charge in [0.05, 0.1) is 17.1 Å². The SMILES string of the molecule is c1ccc(-c2cc(-c3ccccc3)nc(-c3cc(-c4ccccc4-c4ccccn4)cc(-c4ccc5ccc6cccc7ccc4c5c67)c3)n2)cc1. The quantitative estimate of drug-likeness (QED) is 0.166. The van der Waals surface area contributed by atoms with Crippen molar-refractivity contribution in [3.63, 3.8) is 0 Å². The number of rotatable bonds is 6. The van der Waals surface area contributed by atoms with Gasteiger partial charge in [-0.3, -0.25) is 4.98 Å². The minimum absolute atomic E-state index is 0.677. The molecule has 8 aromatic carbocycles. The molecule has 0 atom stereocenters. The zero-order chi connectivity index (χ0) is 34.4. The van der Waals surface area contributed by atoms with E-state index in [1.807, 2.05) is 30.5 Å². The third kappa shape index (κ3) is 5.19. The lowest BCUT2D eigenvalue weighted by Crippen LogP contribution is -1.97. The van der Waals surface area contributed by atoms with Crippen LogP contribution < -0.4 is 0 Å². The molecule has 0 N–H and O–H groups in total. The molecule has 0 spiro atoms. The van der Waals surface area contributed by atoms with Crippen molar-refractivity contribution in [2.24, 2.45) is 0 Å². The fraction of sp³-hybridized carbons (Fsp3) is 0. The summed E-state index contributed by atoms with van der Waals surface area (Å²) in [5.74, 6) is 0.677. The van der Waals surface area contributed by atoms with Gasteiger partial charge in [-0.05, 0) is 91.0 Å². The lowest BCUT2D eigenvalue weighted by atomic mass is 9.87. The molecular formula is C49H31N3. The molecule has 0 saturated heterocycles. The Balaban J connectivity index is 1.26. The maximum absolute atomic E-state index is 5.26. The number of hydrogen-bond donors (Lipinski definition) is 0. The van der Waals surface area contributed by atoms with Gasteiger partial charge < -0.3 is 0 Å². The first-order valence-electron chi connectivity index (χ1n) is 17.6. The van der Waals surface area contributed by atoms with Gasteiger partial charge in [0.2, 0.25) is 0 Å². The van der Waals surface area contributed by atoms with E-state index in [2.05, 4.69) is 158 Å². The molecule has 0 unspecified atom stereocenters. The van der Waals surface area contributed by atoms with Crippen molar-refractivity contribution in [2.45, 2.75) is 0 Å². The Bertz CT molecular complexity index is 2810. The van der Waals surface area contributed by atoms with Crippen LogP contribution in [0.4, 0.5) is 0 Å². The van der Waals surface area contributed by atoms with Gasteiger partial charge >= 0.3 is 0 Å². The van der Waals surface area contributed by atoms with E-state index in [1.54, 1.807) is 0 Å². The van der Waals surface area contributed by atoms with Crippen molar-refractivity contribution in [3.8, 4) is 67.4 Å². The molecule has 2 heterocycles. The third-order valence-corrected chi connectivity index (χ3v) is 10.1. The van der Waals surface area contributed by atoms with Gasteiger partial charge in [-0.2, -0.15) is 0 Å². The Morgan fingerprint density at radius 3 is 1.54 bits per heavy atom. The highest BCUT2D eigenvalue weighted by Gasteiger charge is 2.18. The van der Waals surface area contributed by atoms with Crippen molar-refractivity contribution >= 4 is 32.3 Å². The lowest BCUT2D eigenvalue weighted by molar-refractivity contribution is 1.18. The van der Waals surface area contributed by atoms with Gasteiger partial charge in [-0.15, -0.1) is 0 Å². The van der Waals surface area contributed by atoms with Gasteiger partial charge in [0.25, 0.3) is 0 Å². The molecule has 242 valence electrons. The van der Waals surface area contributed by atoms with Crippen LogP contribution in [0.2, 0.25) is 0 Å². The number of benzene rings is 8. The summed E-state index contributed by atoms with van der Waals surface area (Å²) in [6, 6.07) is 64.3. The van der Waals surface area contributed by atoms with E-state index in [1.165, 1.54) is 37.9 Å². The molecule has 0 amide bonds. The standard InChI is InChI=1S/C49H31N3/c1-3-12-32(13-4-1)45-31-46(33-14-5-2-6-15-33)52-49(51-45)39-29-37(40-18-7-8-19-42(40)44-20-9-10-27-50-44)28-38(30-39)41-25-23-36-22-21-34-16-11-17-35-24-26-43(41)48(36)47(34)35/h1-31H. The molecule has 0 aliphatic carbocycles. The Morgan fingerprint density at radius 2 is 0.865 bits per heavy atom. The van der Waals surface area contributed by atoms with Crippen LogP contribution in [0.3, 0.4) is 0 Å². The maximum atomic E-state index is 5.26. The van der Waals surface area contributed by atoms with Crippen LogP contribution in [0, 0.1) is 0 Å². The van der Waals surface area contributed by atoms with E-state index in [0.717, 1.165) is 56.0 Å². The first-order chi connectivity index (χ1) is 25.8. The third-order valence-electron chi connectivity index (χ3n) is 10.1. The second-order valence-electron chi connectivity index (χ2n) is 13.2. The molecule has 0 radical (unpaired) electrons. The topological polar surface area (TPSA) is 38.7 Å². The van der Waals surface area contributed by atoms with Crippen LogP contribution in [0.25, 0.3) is 99.7 Å². The summed E-state index contributed by atoms with van der Waals surface area (Å²) in [7, 11) is 0. The molecule has 3 nitrogen and oxygen atoms in total. The summed E-state index contributed by atoms with van der Waals surface area (Å²) in [6.45, 7) is 0. The predicted octanol–water partition coefficient (Wildman–Crippen LogP) is 12.8. The van der Waals surface area contributed by atoms with Crippen molar-refractivity contribution in [2.75, 3.05) is 0 Å². The van der Waals surface area contributed by atoms with Crippen molar-refractivity contribution < 1.29 is 0 Å². The molecule has 0 aliphatic heterocycles. The molecule has 0 fully saturated rings. The summed E-state index contributed by atoms with van der Waals surface area (Å²) in [5.41, 5.74) is 11.3. The predicted molar refractivity (Wildman–Crippen MR) is 216 cm³/mol. The Kier molecular flexibility index (Phi) is 7.14. The molecule has 0 saturated carbocycles. The van der Waals surface area contributed by atoms with Gasteiger partial charge in [0.15, 0.2) is 5.82 Å². The Labute approximate surface area is 301 Å². The average Bonchev–Trinajstić information content (AvgIpc) is 3.23. The maximum Gasteiger partial charge on any atom is 0.160 e. The first-order valence-corrected chi connectivity index (χ1v) is 17.6. The molecule has 10 rings (SSSR count). The molecule has 0 aliphatic rings. The smallest absolute Gasteiger partial charge is 0.160 e. The monoisotopic (exact) mass is 661 g/mol. The van der Waals surface area contributed by atoms with Gasteiger partial charge in [0.1, 0.15) is 0 Å². The zero-order valence-electron chi connectivity index (χ0n) is 28.2. The number of pyridine rings is 1. The Morgan fingerprint density at radius 1 is 0.308 bits per heavy atom. The van der Waals surface area contributed by atoms with E-state index in [9.17, 15) is 0 Å². The van der Waals surface area contributed by atoms with E-state index >= 15 is 0 Å². The van der Waals surface area contributed by atoms with Crippen molar-refractivity contribution in [3.05, 3.63) is 188 Å². The van der Waals surface area contributed by atoms with E-state index in [-0.39, 0.29) is 0 Å². The highest BCUT2D eigenvalue weighted by molar-refractivity contribution is 6.25.